The van der Waals surface area contributed by atoms with E-state index in [0.29, 0.717) is 0 Å². The second-order valence-electron chi connectivity index (χ2n) is 5.56. The third-order valence-corrected chi connectivity index (χ3v) is 5.15. The van der Waals surface area contributed by atoms with Crippen LogP contribution in [0, 0.1) is 13.8 Å². The maximum atomic E-state index is 5.98. The Morgan fingerprint density at radius 3 is 2.41 bits per heavy atom. The molecule has 1 aromatic heterocycles. The van der Waals surface area contributed by atoms with E-state index in [1.54, 1.807) is 11.8 Å². The first-order valence-electron chi connectivity index (χ1n) is 7.38. The number of fused-ring (bicyclic) bond motifs is 3. The average Bonchev–Trinajstić information content (AvgIpc) is 2.86. The van der Waals surface area contributed by atoms with E-state index in [9.17, 15) is 0 Å². The lowest BCUT2D eigenvalue weighted by Gasteiger charge is -2.04. The molecule has 4 aromatic rings. The number of rotatable bonds is 2. The van der Waals surface area contributed by atoms with Crippen molar-refractivity contribution in [3.8, 4) is 0 Å². The van der Waals surface area contributed by atoms with Crippen molar-refractivity contribution < 1.29 is 4.42 Å². The zero-order chi connectivity index (χ0) is 15.1. The Bertz CT molecular complexity index is 964. The van der Waals surface area contributed by atoms with Crippen molar-refractivity contribution in [1.29, 1.82) is 0 Å². The van der Waals surface area contributed by atoms with E-state index in [1.807, 2.05) is 6.92 Å². The third-order valence-electron chi connectivity index (χ3n) is 3.94. The Labute approximate surface area is 133 Å². The van der Waals surface area contributed by atoms with Gasteiger partial charge in [0.15, 0.2) is 0 Å². The molecule has 22 heavy (non-hydrogen) atoms. The van der Waals surface area contributed by atoms with E-state index in [-0.39, 0.29) is 0 Å². The zero-order valence-electron chi connectivity index (χ0n) is 12.6. The maximum absolute atomic E-state index is 5.98. The molecule has 0 N–H and O–H groups in total. The molecule has 1 nitrogen and oxygen atoms in total. The number of aryl methyl sites for hydroxylation is 2. The van der Waals surface area contributed by atoms with Gasteiger partial charge in [0.2, 0.25) is 0 Å². The Hall–Kier alpha value is -2.19. The highest BCUT2D eigenvalue weighted by Crippen LogP contribution is 2.41. The van der Waals surface area contributed by atoms with Crippen molar-refractivity contribution in [2.45, 2.75) is 23.6 Å². The van der Waals surface area contributed by atoms with E-state index in [2.05, 4.69) is 67.6 Å². The summed E-state index contributed by atoms with van der Waals surface area (Å²) in [7, 11) is 0. The molecule has 0 atom stereocenters. The lowest BCUT2D eigenvalue weighted by Crippen LogP contribution is -1.78. The highest BCUT2D eigenvalue weighted by Gasteiger charge is 2.15. The molecule has 0 unspecified atom stereocenters. The minimum Gasteiger partial charge on any atom is -0.460 e. The van der Waals surface area contributed by atoms with Gasteiger partial charge in [0, 0.05) is 10.3 Å². The van der Waals surface area contributed by atoms with Gasteiger partial charge in [-0.05, 0) is 42.8 Å². The summed E-state index contributed by atoms with van der Waals surface area (Å²) < 4.78 is 5.98. The highest BCUT2D eigenvalue weighted by atomic mass is 32.2. The average molecular weight is 304 g/mol. The molecule has 0 amide bonds. The van der Waals surface area contributed by atoms with Gasteiger partial charge in [0.05, 0.1) is 4.90 Å². The second kappa shape index (κ2) is 5.22. The van der Waals surface area contributed by atoms with Crippen molar-refractivity contribution in [3.05, 3.63) is 72.0 Å². The molecule has 0 aliphatic heterocycles. The van der Waals surface area contributed by atoms with Crippen LogP contribution in [0.25, 0.3) is 21.7 Å². The topological polar surface area (TPSA) is 13.1 Å². The fraction of sp³-hybridized carbons (Fsp3) is 0.100. The Balaban J connectivity index is 1.94. The van der Waals surface area contributed by atoms with E-state index >= 15 is 0 Å². The molecular weight excluding hydrogens is 288 g/mol. The smallest absolute Gasteiger partial charge is 0.136 e. The standard InChI is InChI=1S/C20H16OS/c1-13-7-10-16(11-8-13)22-20-14(2)21-18-12-9-15-5-3-4-6-17(15)19(18)20/h3-12H,1-2H3. The lowest BCUT2D eigenvalue weighted by molar-refractivity contribution is 0.568. The molecule has 0 saturated heterocycles. The molecular formula is C20H16OS. The second-order valence-corrected chi connectivity index (χ2v) is 6.65. The summed E-state index contributed by atoms with van der Waals surface area (Å²) in [6.45, 7) is 4.16. The van der Waals surface area contributed by atoms with Crippen LogP contribution in [0.15, 0.2) is 74.9 Å². The van der Waals surface area contributed by atoms with Crippen LogP contribution in [0.5, 0.6) is 0 Å². The van der Waals surface area contributed by atoms with Gasteiger partial charge >= 0.3 is 0 Å². The van der Waals surface area contributed by atoms with E-state index in [4.69, 9.17) is 4.42 Å². The van der Waals surface area contributed by atoms with Crippen LogP contribution in [-0.4, -0.2) is 0 Å². The molecule has 0 aliphatic rings. The minimum atomic E-state index is 0.964. The molecule has 4 rings (SSSR count). The molecule has 0 fully saturated rings. The van der Waals surface area contributed by atoms with Crippen LogP contribution in [0.2, 0.25) is 0 Å². The molecule has 0 saturated carbocycles. The first-order valence-corrected chi connectivity index (χ1v) is 8.19. The summed E-state index contributed by atoms with van der Waals surface area (Å²) in [4.78, 5) is 2.46. The van der Waals surface area contributed by atoms with Crippen molar-refractivity contribution >= 4 is 33.5 Å². The highest BCUT2D eigenvalue weighted by molar-refractivity contribution is 7.99. The Morgan fingerprint density at radius 2 is 1.59 bits per heavy atom. The summed E-state index contributed by atoms with van der Waals surface area (Å²) in [5.74, 6) is 0.983. The van der Waals surface area contributed by atoms with E-state index in [1.165, 1.54) is 31.5 Å². The van der Waals surface area contributed by atoms with Gasteiger partial charge < -0.3 is 4.42 Å². The monoisotopic (exact) mass is 304 g/mol. The van der Waals surface area contributed by atoms with Gasteiger partial charge in [0.25, 0.3) is 0 Å². The van der Waals surface area contributed by atoms with E-state index in [0.717, 1.165) is 11.3 Å². The predicted octanol–water partition coefficient (Wildman–Crippen LogP) is 6.35. The SMILES string of the molecule is Cc1ccc(Sc2c(C)oc3ccc4ccccc4c23)cc1. The third kappa shape index (κ3) is 2.20. The molecule has 0 aliphatic carbocycles. The number of benzene rings is 3. The molecule has 1 heterocycles. The molecule has 2 heteroatoms. The van der Waals surface area contributed by atoms with Crippen molar-refractivity contribution in [2.24, 2.45) is 0 Å². The van der Waals surface area contributed by atoms with Crippen LogP contribution >= 0.6 is 11.8 Å². The van der Waals surface area contributed by atoms with Gasteiger partial charge in [-0.1, -0.05) is 59.8 Å². The van der Waals surface area contributed by atoms with Crippen molar-refractivity contribution in [1.82, 2.24) is 0 Å². The number of hydrogen-bond acceptors (Lipinski definition) is 2. The summed E-state index contributed by atoms with van der Waals surface area (Å²) >= 11 is 1.78. The molecule has 3 aromatic carbocycles. The summed E-state index contributed by atoms with van der Waals surface area (Å²) in [5, 5.41) is 3.73. The number of hydrogen-bond donors (Lipinski definition) is 0. The van der Waals surface area contributed by atoms with Gasteiger partial charge in [-0.3, -0.25) is 0 Å². The maximum Gasteiger partial charge on any atom is 0.136 e. The molecule has 0 bridgehead atoms. The zero-order valence-corrected chi connectivity index (χ0v) is 13.4. The molecule has 0 radical (unpaired) electrons. The Morgan fingerprint density at radius 1 is 0.818 bits per heavy atom. The minimum absolute atomic E-state index is 0.964. The fourth-order valence-corrected chi connectivity index (χ4v) is 3.81. The van der Waals surface area contributed by atoms with E-state index < -0.39 is 0 Å². The first-order chi connectivity index (χ1) is 10.7. The molecule has 108 valence electrons. The van der Waals surface area contributed by atoms with Gasteiger partial charge in [-0.15, -0.1) is 0 Å². The number of furan rings is 1. The van der Waals surface area contributed by atoms with Crippen LogP contribution in [0.4, 0.5) is 0 Å². The van der Waals surface area contributed by atoms with Crippen LogP contribution in [0.3, 0.4) is 0 Å². The largest absolute Gasteiger partial charge is 0.460 e. The molecule has 0 spiro atoms. The van der Waals surface area contributed by atoms with Crippen LogP contribution in [0.1, 0.15) is 11.3 Å². The van der Waals surface area contributed by atoms with Gasteiger partial charge in [0.1, 0.15) is 11.3 Å². The van der Waals surface area contributed by atoms with Crippen LogP contribution < -0.4 is 0 Å². The quantitative estimate of drug-likeness (QED) is 0.428. The fourth-order valence-electron chi connectivity index (χ4n) is 2.81. The summed E-state index contributed by atoms with van der Waals surface area (Å²) in [6.07, 6.45) is 0. The normalized spacial score (nSPS) is 11.4. The lowest BCUT2D eigenvalue weighted by atomic mass is 10.1. The van der Waals surface area contributed by atoms with Gasteiger partial charge in [-0.25, -0.2) is 0 Å². The Kier molecular flexibility index (Phi) is 3.20. The van der Waals surface area contributed by atoms with Gasteiger partial charge in [-0.2, -0.15) is 0 Å². The van der Waals surface area contributed by atoms with Crippen molar-refractivity contribution in [3.63, 3.8) is 0 Å². The predicted molar refractivity (Wildman–Crippen MR) is 93.8 cm³/mol. The van der Waals surface area contributed by atoms with Crippen molar-refractivity contribution in [2.75, 3.05) is 0 Å². The van der Waals surface area contributed by atoms with Crippen LogP contribution in [-0.2, 0) is 0 Å². The first kappa shape index (κ1) is 13.5. The summed E-state index contributed by atoms with van der Waals surface area (Å²) in [5.41, 5.74) is 2.24. The summed E-state index contributed by atoms with van der Waals surface area (Å²) in [6, 6.07) is 21.3.